The first-order valence-electron chi connectivity index (χ1n) is 49.4. The summed E-state index contributed by atoms with van der Waals surface area (Å²) in [5, 5.41) is 4.91. The molecule has 31 rings (SSSR count). The number of hydrogen-bond donors (Lipinski definition) is 0. The quantitative estimate of drug-likeness (QED) is 0.141. The molecule has 145 heavy (non-hydrogen) atoms. The van der Waals surface area contributed by atoms with E-state index in [9.17, 15) is 0 Å². The highest BCUT2D eigenvalue weighted by molar-refractivity contribution is 6.97. The second kappa shape index (κ2) is 34.8. The average molecular weight is 1870 g/mol. The molecular weight excluding hydrogens is 1770 g/mol. The Hall–Kier alpha value is -19.1. The number of imidazole rings is 8. The maximum atomic E-state index is 6.20. The number of para-hydroxylation sites is 19. The number of ether oxygens (including phenoxy) is 1. The predicted octanol–water partition coefficient (Wildman–Crippen LogP) is 29.4. The molecule has 30 aromatic rings. The van der Waals surface area contributed by atoms with Crippen LogP contribution >= 0.6 is 0 Å². The van der Waals surface area contributed by atoms with E-state index in [1.165, 1.54) is 116 Å². The first-order chi connectivity index (χ1) is 71.6. The standard InChI is InChI=1S/2C32H22N4.C25H19BO.2C20H15N3/c1-21-10-9-13-23(20-21)34-26-15-6-5-14-24(26)25-18-19-29-30(31(25)34)33-32-35(22-11-3-2-4-12-22)27-16-7-8-17-28(27)36(29)32;1-21-10-9-13-23(20-21)35-27-16-7-8-17-28(27)36-29-19-18-25-24-14-5-6-15-26(24)34(22-11-3-2-4-12-22)31(25)30(29)33-32(35)36;1-18-10-2-3-11-19(18)20-12-4-5-13-21(20)26-22-14-6-8-16-24(22)27-25-17-9-7-15-23(25)26;1-14-8-2-4-10-16(14)22-18-12-6-7-13-19(18)23-17-11-5-3-9-15(17)21-20(22)23;1-14-7-6-8-15(13-14)22-18-11-4-5-12-19(18)23-17-10-3-2-9-16(17)21-20(22)23/h2*2-20H,1H3;2-17H,1H3;2*2-13H,1H3. The molecule has 0 saturated heterocycles. The van der Waals surface area contributed by atoms with Gasteiger partial charge in [-0.25, -0.2) is 19.9 Å². The summed E-state index contributed by atoms with van der Waals surface area (Å²) in [5.41, 5.74) is 42.0. The smallest absolute Gasteiger partial charge is 0.251 e. The molecule has 15 nitrogen and oxygen atoms in total. The third-order valence-electron chi connectivity index (χ3n) is 28.8. The van der Waals surface area contributed by atoms with Crippen LogP contribution in [-0.2, 0) is 0 Å². The Bertz CT molecular complexity index is 10300. The molecule has 16 heteroatoms. The summed E-state index contributed by atoms with van der Waals surface area (Å²) in [5.74, 6) is 5.65. The van der Waals surface area contributed by atoms with E-state index in [-0.39, 0.29) is 6.71 Å². The Kier molecular flexibility index (Phi) is 20.4. The summed E-state index contributed by atoms with van der Waals surface area (Å²) >= 11 is 0. The lowest BCUT2D eigenvalue weighted by Crippen LogP contribution is -2.55. The second-order valence-corrected chi connectivity index (χ2v) is 37.6. The molecule has 0 aliphatic carbocycles. The molecule has 0 amide bonds. The zero-order valence-corrected chi connectivity index (χ0v) is 80.3. The molecule has 0 saturated carbocycles. The van der Waals surface area contributed by atoms with E-state index < -0.39 is 0 Å². The lowest BCUT2D eigenvalue weighted by atomic mass is 9.35. The monoisotopic (exact) mass is 1860 g/mol. The van der Waals surface area contributed by atoms with Crippen molar-refractivity contribution in [2.24, 2.45) is 0 Å². The Morgan fingerprint density at radius 3 is 0.972 bits per heavy atom. The van der Waals surface area contributed by atoms with E-state index in [2.05, 4.69) is 529 Å². The molecule has 688 valence electrons. The molecule has 0 fully saturated rings. The highest BCUT2D eigenvalue weighted by Gasteiger charge is 2.35. The van der Waals surface area contributed by atoms with Gasteiger partial charge in [0.2, 0.25) is 23.1 Å². The van der Waals surface area contributed by atoms with Crippen molar-refractivity contribution in [1.82, 2.24) is 64.9 Å². The van der Waals surface area contributed by atoms with Gasteiger partial charge in [-0.1, -0.05) is 291 Å². The highest BCUT2D eigenvalue weighted by Crippen LogP contribution is 2.44. The zero-order chi connectivity index (χ0) is 96.6. The fraction of sp³-hybridized carbons (Fsp3) is 0.0388. The van der Waals surface area contributed by atoms with E-state index in [4.69, 9.17) is 24.7 Å². The van der Waals surface area contributed by atoms with Crippen molar-refractivity contribution in [3.8, 4) is 56.8 Å². The van der Waals surface area contributed by atoms with Gasteiger partial charge in [0.15, 0.2) is 0 Å². The topological polar surface area (TPSA) is 108 Å². The van der Waals surface area contributed by atoms with Crippen molar-refractivity contribution < 1.29 is 4.74 Å². The van der Waals surface area contributed by atoms with E-state index in [0.29, 0.717) is 0 Å². The highest BCUT2D eigenvalue weighted by atomic mass is 16.5. The number of aromatic nitrogens is 14. The Morgan fingerprint density at radius 1 is 0.200 bits per heavy atom. The fourth-order valence-electron chi connectivity index (χ4n) is 22.5. The van der Waals surface area contributed by atoms with Crippen molar-refractivity contribution in [3.63, 3.8) is 0 Å². The summed E-state index contributed by atoms with van der Waals surface area (Å²) in [4.78, 5) is 20.5. The van der Waals surface area contributed by atoms with E-state index in [0.717, 1.165) is 140 Å². The normalized spacial score (nSPS) is 11.9. The van der Waals surface area contributed by atoms with Crippen molar-refractivity contribution in [2.45, 2.75) is 34.6 Å². The van der Waals surface area contributed by atoms with Gasteiger partial charge >= 0.3 is 0 Å². The minimum absolute atomic E-state index is 0.155. The van der Waals surface area contributed by atoms with E-state index in [1.54, 1.807) is 0 Å². The van der Waals surface area contributed by atoms with Crippen LogP contribution in [-0.4, -0.2) is 71.7 Å². The van der Waals surface area contributed by atoms with Crippen LogP contribution in [0, 0.1) is 34.6 Å². The number of nitrogens with zero attached hydrogens (tertiary/aromatic N) is 14. The van der Waals surface area contributed by atoms with Gasteiger partial charge in [-0.3, -0.25) is 35.9 Å². The van der Waals surface area contributed by atoms with Crippen LogP contribution in [0.1, 0.15) is 27.8 Å². The largest absolute Gasteiger partial charge is 0.458 e. The molecular formula is C129H93BN14O. The number of aryl methyl sites for hydroxylation is 5. The van der Waals surface area contributed by atoms with Gasteiger partial charge in [0.25, 0.3) is 6.71 Å². The molecule has 1 aliphatic heterocycles. The Morgan fingerprint density at radius 2 is 0.517 bits per heavy atom. The number of hydrogen-bond acceptors (Lipinski definition) is 5. The summed E-state index contributed by atoms with van der Waals surface area (Å²) in [6.07, 6.45) is 0. The lowest BCUT2D eigenvalue weighted by Gasteiger charge is -2.28. The molecule has 20 aromatic carbocycles. The van der Waals surface area contributed by atoms with Crippen LogP contribution in [0.25, 0.3) is 200 Å². The molecule has 10 aromatic heterocycles. The molecule has 0 spiro atoms. The molecule has 0 bridgehead atoms. The lowest BCUT2D eigenvalue weighted by molar-refractivity contribution is 0.487. The fourth-order valence-corrected chi connectivity index (χ4v) is 22.5. The van der Waals surface area contributed by atoms with Crippen LogP contribution < -0.4 is 21.1 Å². The molecule has 0 unspecified atom stereocenters. The van der Waals surface area contributed by atoms with Gasteiger partial charge in [-0.15, -0.1) is 0 Å². The summed E-state index contributed by atoms with van der Waals surface area (Å²) in [6, 6.07) is 167. The summed E-state index contributed by atoms with van der Waals surface area (Å²) in [7, 11) is 0. The number of fused-ring (bicyclic) bond motifs is 30. The molecule has 0 radical (unpaired) electrons. The Labute approximate surface area is 834 Å². The van der Waals surface area contributed by atoms with Crippen molar-refractivity contribution in [3.05, 3.63) is 501 Å². The predicted molar refractivity (Wildman–Crippen MR) is 600 cm³/mol. The SMILES string of the molecule is Cc1cccc(-n2c3ccccc3c3ccc4c(nc5n(-c6ccccc6)c6ccccc6n45)c32)c1.Cc1cccc(-n2c3ccccc3n3c4ccc5c6ccccc6n(-c6ccccc6)c5c4nc23)c1.Cc1cccc(-n2c3ccccc3n3c4ccccc4nc23)c1.Cc1ccccc1-c1ccccc1B1c2ccccc2Oc2ccccc21.Cc1ccccc1-n1c2ccccc2n2c3ccccc3nc12. The number of benzene rings is 20. The Balaban J connectivity index is 0.0000000913. The molecule has 0 atom stereocenters. The van der Waals surface area contributed by atoms with Gasteiger partial charge in [-0.2, -0.15) is 0 Å². The van der Waals surface area contributed by atoms with Gasteiger partial charge in [0, 0.05) is 50.0 Å². The van der Waals surface area contributed by atoms with Gasteiger partial charge in [0.05, 0.1) is 105 Å². The minimum atomic E-state index is 0.155. The third-order valence-corrected chi connectivity index (χ3v) is 28.8. The van der Waals surface area contributed by atoms with Crippen molar-refractivity contribution in [1.29, 1.82) is 0 Å². The summed E-state index contributed by atoms with van der Waals surface area (Å²) < 4.78 is 29.1. The van der Waals surface area contributed by atoms with Crippen LogP contribution in [0.2, 0.25) is 0 Å². The first kappa shape index (κ1) is 85.2. The van der Waals surface area contributed by atoms with Crippen molar-refractivity contribution >= 4 is 178 Å². The van der Waals surface area contributed by atoms with Gasteiger partial charge < -0.3 is 13.9 Å². The third kappa shape index (κ3) is 14.0. The molecule has 1 aliphatic rings. The van der Waals surface area contributed by atoms with Crippen molar-refractivity contribution in [2.75, 3.05) is 0 Å². The maximum absolute atomic E-state index is 6.20. The second-order valence-electron chi connectivity index (χ2n) is 37.6. The van der Waals surface area contributed by atoms with Gasteiger partial charge in [0.1, 0.15) is 22.5 Å². The van der Waals surface area contributed by atoms with E-state index in [1.807, 2.05) is 24.3 Å². The van der Waals surface area contributed by atoms with Crippen LogP contribution in [0.4, 0.5) is 0 Å². The maximum Gasteiger partial charge on any atom is 0.251 e. The molecule has 0 N–H and O–H groups in total. The van der Waals surface area contributed by atoms with E-state index >= 15 is 0 Å². The summed E-state index contributed by atoms with van der Waals surface area (Å²) in [6.45, 7) is 10.9. The van der Waals surface area contributed by atoms with Crippen LogP contribution in [0.3, 0.4) is 0 Å². The minimum Gasteiger partial charge on any atom is -0.458 e. The average Bonchev–Trinajstić information content (AvgIpc) is 1.54. The van der Waals surface area contributed by atoms with Gasteiger partial charge in [-0.05, 0) is 273 Å². The van der Waals surface area contributed by atoms with Crippen LogP contribution in [0.5, 0.6) is 11.5 Å². The number of rotatable bonds is 8. The molecule has 11 heterocycles. The zero-order valence-electron chi connectivity index (χ0n) is 80.3. The first-order valence-corrected chi connectivity index (χ1v) is 49.4. The van der Waals surface area contributed by atoms with Crippen LogP contribution in [0.15, 0.2) is 473 Å².